The molecule has 2 aromatic rings. The Morgan fingerprint density at radius 1 is 1.19 bits per heavy atom. The van der Waals surface area contributed by atoms with Gasteiger partial charge in [-0.1, -0.05) is 39.3 Å². The average molecular weight is 381 g/mol. The predicted molar refractivity (Wildman–Crippen MR) is 100 cm³/mol. The van der Waals surface area contributed by atoms with Crippen molar-refractivity contribution in [2.24, 2.45) is 5.92 Å². The average Bonchev–Trinajstić information content (AvgIpc) is 2.60. The van der Waals surface area contributed by atoms with Crippen LogP contribution in [-0.4, -0.2) is 23.1 Å². The van der Waals surface area contributed by atoms with E-state index in [2.05, 4.69) is 16.9 Å². The van der Waals surface area contributed by atoms with Gasteiger partial charge in [-0.2, -0.15) is 18.2 Å². The topological polar surface area (TPSA) is 38.2 Å². The summed E-state index contributed by atoms with van der Waals surface area (Å²) >= 11 is 0. The number of benzene rings is 1. The molecule has 7 heteroatoms. The highest BCUT2D eigenvalue weighted by atomic mass is 19.4. The fourth-order valence-corrected chi connectivity index (χ4v) is 2.65. The maximum Gasteiger partial charge on any atom is 0.423 e. The molecule has 0 saturated carbocycles. The fraction of sp³-hybridized carbons (Fsp3) is 0.500. The molecule has 0 amide bonds. The Morgan fingerprint density at radius 2 is 1.93 bits per heavy atom. The lowest BCUT2D eigenvalue weighted by atomic mass is 10.1. The fourth-order valence-electron chi connectivity index (χ4n) is 2.65. The lowest BCUT2D eigenvalue weighted by Gasteiger charge is -2.23. The minimum absolute atomic E-state index is 0.0810. The van der Waals surface area contributed by atoms with Gasteiger partial charge in [0.25, 0.3) is 0 Å². The Bertz CT molecular complexity index is 747. The van der Waals surface area contributed by atoms with Gasteiger partial charge in [0.15, 0.2) is 0 Å². The molecule has 0 atom stereocenters. The van der Waals surface area contributed by atoms with Gasteiger partial charge in [0.2, 0.25) is 11.8 Å². The number of rotatable bonds is 8. The van der Waals surface area contributed by atoms with Crippen LogP contribution in [-0.2, 0) is 12.6 Å². The highest BCUT2D eigenvalue weighted by Gasteiger charge is 2.36. The Labute approximate surface area is 158 Å². The third-order valence-electron chi connectivity index (χ3n) is 3.92. The number of alkyl halides is 3. The minimum atomic E-state index is -4.57. The molecule has 1 aromatic heterocycles. The second-order valence-electron chi connectivity index (χ2n) is 6.76. The summed E-state index contributed by atoms with van der Waals surface area (Å²) in [6, 6.07) is 7.88. The molecule has 0 fully saturated rings. The predicted octanol–water partition coefficient (Wildman–Crippen LogP) is 5.64. The number of hydrogen-bond donors (Lipinski definition) is 0. The van der Waals surface area contributed by atoms with Gasteiger partial charge in [-0.3, -0.25) is 0 Å². The second kappa shape index (κ2) is 9.06. The molecule has 0 aliphatic heterocycles. The van der Waals surface area contributed by atoms with E-state index < -0.39 is 17.6 Å². The Hall–Kier alpha value is -2.31. The SMILES string of the molecule is CCCc1cccc(N(CC)c2ncc(C(F)(F)F)c(OCC(C)C)n2)c1. The van der Waals surface area contributed by atoms with Crippen LogP contribution in [0.2, 0.25) is 0 Å². The van der Waals surface area contributed by atoms with Crippen LogP contribution in [0.5, 0.6) is 5.88 Å². The molecule has 2 rings (SSSR count). The van der Waals surface area contributed by atoms with E-state index in [1.165, 1.54) is 0 Å². The summed E-state index contributed by atoms with van der Waals surface area (Å²) in [6.07, 6.45) is -1.82. The maximum atomic E-state index is 13.3. The number of aryl methyl sites for hydroxylation is 1. The summed E-state index contributed by atoms with van der Waals surface area (Å²) in [5.41, 5.74) is 1.05. The quantitative estimate of drug-likeness (QED) is 0.593. The number of halogens is 3. The van der Waals surface area contributed by atoms with E-state index in [0.29, 0.717) is 6.54 Å². The van der Waals surface area contributed by atoms with Gasteiger partial charge in [0, 0.05) is 18.4 Å². The Morgan fingerprint density at radius 3 is 2.52 bits per heavy atom. The zero-order valence-electron chi connectivity index (χ0n) is 16.2. The van der Waals surface area contributed by atoms with Crippen LogP contribution in [0.3, 0.4) is 0 Å². The van der Waals surface area contributed by atoms with Gasteiger partial charge in [-0.05, 0) is 37.0 Å². The maximum absolute atomic E-state index is 13.3. The summed E-state index contributed by atoms with van der Waals surface area (Å²) < 4.78 is 45.2. The van der Waals surface area contributed by atoms with E-state index in [4.69, 9.17) is 4.74 Å². The van der Waals surface area contributed by atoms with Crippen LogP contribution in [0.15, 0.2) is 30.5 Å². The first-order valence-electron chi connectivity index (χ1n) is 9.19. The molecule has 0 saturated heterocycles. The van der Waals surface area contributed by atoms with Gasteiger partial charge in [-0.15, -0.1) is 0 Å². The number of ether oxygens (including phenoxy) is 1. The molecule has 0 unspecified atom stereocenters. The molecular formula is C20H26F3N3O. The van der Waals surface area contributed by atoms with Gasteiger partial charge < -0.3 is 9.64 Å². The first-order valence-corrected chi connectivity index (χ1v) is 9.19. The molecule has 4 nitrogen and oxygen atoms in total. The van der Waals surface area contributed by atoms with Gasteiger partial charge in [0.05, 0.1) is 6.61 Å². The van der Waals surface area contributed by atoms with Crippen molar-refractivity contribution < 1.29 is 17.9 Å². The third kappa shape index (κ3) is 5.58. The van der Waals surface area contributed by atoms with Crippen molar-refractivity contribution in [3.63, 3.8) is 0 Å². The number of hydrogen-bond acceptors (Lipinski definition) is 4. The summed E-state index contributed by atoms with van der Waals surface area (Å²) in [6.45, 7) is 8.41. The zero-order valence-corrected chi connectivity index (χ0v) is 16.2. The van der Waals surface area contributed by atoms with Crippen LogP contribution in [0.1, 0.15) is 45.2 Å². The smallest absolute Gasteiger partial charge is 0.423 e. The highest BCUT2D eigenvalue weighted by molar-refractivity contribution is 5.58. The summed E-state index contributed by atoms with van der Waals surface area (Å²) in [7, 11) is 0. The molecule has 0 aliphatic rings. The van der Waals surface area contributed by atoms with Gasteiger partial charge >= 0.3 is 6.18 Å². The van der Waals surface area contributed by atoms with Crippen molar-refractivity contribution >= 4 is 11.6 Å². The van der Waals surface area contributed by atoms with Crippen molar-refractivity contribution in [1.82, 2.24) is 9.97 Å². The Kier molecular flexibility index (Phi) is 7.05. The zero-order chi connectivity index (χ0) is 20.0. The van der Waals surface area contributed by atoms with Crippen LogP contribution >= 0.6 is 0 Å². The molecule has 1 heterocycles. The molecule has 0 radical (unpaired) electrons. The molecule has 0 spiro atoms. The van der Waals surface area contributed by atoms with Crippen molar-refractivity contribution in [2.45, 2.75) is 46.7 Å². The largest absolute Gasteiger partial charge is 0.477 e. The van der Waals surface area contributed by atoms with Crippen LogP contribution < -0.4 is 9.64 Å². The van der Waals surface area contributed by atoms with Crippen molar-refractivity contribution in [2.75, 3.05) is 18.1 Å². The first-order chi connectivity index (χ1) is 12.8. The van der Waals surface area contributed by atoms with Gasteiger partial charge in [-0.25, -0.2) is 4.98 Å². The van der Waals surface area contributed by atoms with E-state index >= 15 is 0 Å². The molecule has 1 aromatic carbocycles. The summed E-state index contributed by atoms with van der Waals surface area (Å²) in [5.74, 6) is -0.153. The lowest BCUT2D eigenvalue weighted by Crippen LogP contribution is -2.21. The number of anilines is 2. The van der Waals surface area contributed by atoms with E-state index in [1.54, 1.807) is 4.90 Å². The third-order valence-corrected chi connectivity index (χ3v) is 3.92. The number of aromatic nitrogens is 2. The van der Waals surface area contributed by atoms with E-state index in [1.807, 2.05) is 45.0 Å². The molecule has 148 valence electrons. The molecular weight excluding hydrogens is 355 g/mol. The van der Waals surface area contributed by atoms with Crippen LogP contribution in [0.25, 0.3) is 0 Å². The Balaban J connectivity index is 2.42. The van der Waals surface area contributed by atoms with E-state index in [9.17, 15) is 13.2 Å². The van der Waals surface area contributed by atoms with Crippen LogP contribution in [0, 0.1) is 5.92 Å². The lowest BCUT2D eigenvalue weighted by molar-refractivity contribution is -0.139. The molecule has 0 N–H and O–H groups in total. The minimum Gasteiger partial charge on any atom is -0.477 e. The number of nitrogens with zero attached hydrogens (tertiary/aromatic N) is 3. The molecule has 27 heavy (non-hydrogen) atoms. The summed E-state index contributed by atoms with van der Waals surface area (Å²) in [5, 5.41) is 0. The van der Waals surface area contributed by atoms with E-state index in [0.717, 1.165) is 30.3 Å². The second-order valence-corrected chi connectivity index (χ2v) is 6.76. The summed E-state index contributed by atoms with van der Waals surface area (Å²) in [4.78, 5) is 9.86. The first kappa shape index (κ1) is 21.0. The van der Waals surface area contributed by atoms with Crippen molar-refractivity contribution in [3.05, 3.63) is 41.6 Å². The standard InChI is InChI=1S/C20H26F3N3O/c1-5-8-15-9-7-10-16(11-15)26(6-2)19-24-12-17(20(21,22)23)18(25-19)27-13-14(3)4/h7,9-12,14H,5-6,8,13H2,1-4H3. The van der Waals surface area contributed by atoms with Crippen LogP contribution in [0.4, 0.5) is 24.8 Å². The monoisotopic (exact) mass is 381 g/mol. The molecule has 0 aliphatic carbocycles. The van der Waals surface area contributed by atoms with Crippen molar-refractivity contribution in [1.29, 1.82) is 0 Å². The molecule has 0 bridgehead atoms. The van der Waals surface area contributed by atoms with Crippen molar-refractivity contribution in [3.8, 4) is 5.88 Å². The highest BCUT2D eigenvalue weighted by Crippen LogP contribution is 2.36. The normalized spacial score (nSPS) is 11.7. The van der Waals surface area contributed by atoms with E-state index in [-0.39, 0.29) is 18.5 Å². The van der Waals surface area contributed by atoms with Gasteiger partial charge in [0.1, 0.15) is 5.56 Å².